The Morgan fingerprint density at radius 2 is 2.10 bits per heavy atom. The Balaban J connectivity index is 1.95. The second-order valence-corrected chi connectivity index (χ2v) is 4.11. The van der Waals surface area contributed by atoms with Crippen molar-refractivity contribution < 1.29 is 14.7 Å². The van der Waals surface area contributed by atoms with Crippen LogP contribution in [0.15, 0.2) is 36.8 Å². The van der Waals surface area contributed by atoms with Crippen molar-refractivity contribution in [1.82, 2.24) is 15.3 Å². The van der Waals surface area contributed by atoms with Crippen LogP contribution in [0.3, 0.4) is 0 Å². The lowest BCUT2D eigenvalue weighted by Crippen LogP contribution is -2.28. The van der Waals surface area contributed by atoms with E-state index < -0.39 is 12.0 Å². The molecule has 20 heavy (non-hydrogen) atoms. The first-order valence-electron chi connectivity index (χ1n) is 5.97. The molecule has 0 unspecified atom stereocenters. The minimum atomic E-state index is -0.947. The van der Waals surface area contributed by atoms with Gasteiger partial charge in [-0.1, -0.05) is 18.2 Å². The van der Waals surface area contributed by atoms with Crippen molar-refractivity contribution in [2.45, 2.75) is 13.0 Å². The summed E-state index contributed by atoms with van der Waals surface area (Å²) in [6, 6.07) is 6.38. The van der Waals surface area contributed by atoms with E-state index in [0.29, 0.717) is 17.8 Å². The van der Waals surface area contributed by atoms with Gasteiger partial charge in [-0.25, -0.2) is 9.78 Å². The number of aromatic nitrogens is 2. The first kappa shape index (κ1) is 13.6. The first-order valence-corrected chi connectivity index (χ1v) is 5.97. The Hall–Kier alpha value is -2.83. The molecule has 0 spiro atoms. The highest BCUT2D eigenvalue weighted by Crippen LogP contribution is 2.15. The molecule has 2 amide bonds. The Bertz CT molecular complexity index is 595. The zero-order valence-electron chi connectivity index (χ0n) is 10.6. The fourth-order valence-corrected chi connectivity index (χ4v) is 1.68. The number of hydrogen-bond donors (Lipinski definition) is 4. The third-order valence-electron chi connectivity index (χ3n) is 2.60. The van der Waals surface area contributed by atoms with Crippen LogP contribution in [-0.2, 0) is 17.8 Å². The van der Waals surface area contributed by atoms with E-state index in [1.807, 2.05) is 0 Å². The Labute approximate surface area is 115 Å². The van der Waals surface area contributed by atoms with Gasteiger partial charge in [-0.2, -0.15) is 0 Å². The van der Waals surface area contributed by atoms with Crippen LogP contribution in [0.4, 0.5) is 10.5 Å². The maximum absolute atomic E-state index is 11.7. The summed E-state index contributed by atoms with van der Waals surface area (Å²) in [5, 5.41) is 14.1. The number of carbonyl (C=O) groups excluding carboxylic acids is 1. The number of carbonyl (C=O) groups is 2. The van der Waals surface area contributed by atoms with E-state index in [2.05, 4.69) is 20.6 Å². The van der Waals surface area contributed by atoms with Gasteiger partial charge in [-0.3, -0.25) is 4.79 Å². The van der Waals surface area contributed by atoms with Gasteiger partial charge in [0, 0.05) is 11.9 Å². The number of rotatable bonds is 5. The third kappa shape index (κ3) is 3.84. The summed E-state index contributed by atoms with van der Waals surface area (Å²) in [6.07, 6.45) is 2.99. The number of nitrogens with one attached hydrogen (secondary N) is 3. The average Bonchev–Trinajstić information content (AvgIpc) is 2.91. The van der Waals surface area contributed by atoms with Gasteiger partial charge >= 0.3 is 12.0 Å². The molecule has 0 saturated carbocycles. The normalized spacial score (nSPS) is 10.0. The number of amides is 2. The standard InChI is InChI=1S/C13H14N4O3/c18-12(19)5-9-3-1-2-4-11(9)17-13(20)15-7-10-6-14-8-16-10/h1-4,6,8H,5,7H2,(H,14,16)(H,18,19)(H2,15,17,20). The van der Waals surface area contributed by atoms with Crippen molar-refractivity contribution in [3.63, 3.8) is 0 Å². The maximum atomic E-state index is 11.7. The quantitative estimate of drug-likeness (QED) is 0.660. The molecule has 2 rings (SSSR count). The van der Waals surface area contributed by atoms with Crippen LogP contribution in [0.5, 0.6) is 0 Å². The van der Waals surface area contributed by atoms with Crippen LogP contribution in [-0.4, -0.2) is 27.1 Å². The van der Waals surface area contributed by atoms with Gasteiger partial charge in [0.05, 0.1) is 25.0 Å². The zero-order chi connectivity index (χ0) is 14.4. The van der Waals surface area contributed by atoms with E-state index in [-0.39, 0.29) is 6.42 Å². The molecule has 0 aliphatic rings. The topological polar surface area (TPSA) is 107 Å². The van der Waals surface area contributed by atoms with Crippen molar-refractivity contribution in [3.8, 4) is 0 Å². The van der Waals surface area contributed by atoms with E-state index in [0.717, 1.165) is 5.69 Å². The van der Waals surface area contributed by atoms with E-state index in [9.17, 15) is 9.59 Å². The molecule has 104 valence electrons. The second kappa shape index (κ2) is 6.37. The first-order chi connectivity index (χ1) is 9.65. The van der Waals surface area contributed by atoms with Gasteiger partial charge in [0.2, 0.25) is 0 Å². The number of anilines is 1. The molecule has 0 fully saturated rings. The third-order valence-corrected chi connectivity index (χ3v) is 2.60. The fraction of sp³-hybridized carbons (Fsp3) is 0.154. The molecule has 1 heterocycles. The SMILES string of the molecule is O=C(O)Cc1ccccc1NC(=O)NCc1cnc[nH]1. The molecule has 7 nitrogen and oxygen atoms in total. The lowest BCUT2D eigenvalue weighted by molar-refractivity contribution is -0.136. The van der Waals surface area contributed by atoms with Crippen LogP contribution < -0.4 is 10.6 Å². The Kier molecular flexibility index (Phi) is 4.33. The zero-order valence-corrected chi connectivity index (χ0v) is 10.6. The van der Waals surface area contributed by atoms with E-state index in [1.165, 1.54) is 6.33 Å². The highest BCUT2D eigenvalue weighted by atomic mass is 16.4. The van der Waals surface area contributed by atoms with Gasteiger partial charge in [-0.05, 0) is 11.6 Å². The predicted molar refractivity (Wildman–Crippen MR) is 72.2 cm³/mol. The molecule has 0 aliphatic carbocycles. The molecule has 1 aromatic carbocycles. The number of urea groups is 1. The summed E-state index contributed by atoms with van der Waals surface area (Å²) in [5.41, 5.74) is 1.81. The molecule has 0 aliphatic heterocycles. The Morgan fingerprint density at radius 3 is 2.80 bits per heavy atom. The highest BCUT2D eigenvalue weighted by molar-refractivity contribution is 5.90. The average molecular weight is 274 g/mol. The number of aliphatic carboxylic acids is 1. The van der Waals surface area contributed by atoms with Crippen molar-refractivity contribution in [1.29, 1.82) is 0 Å². The minimum Gasteiger partial charge on any atom is -0.481 e. The van der Waals surface area contributed by atoms with Gasteiger partial charge in [0.1, 0.15) is 0 Å². The number of aromatic amines is 1. The Morgan fingerprint density at radius 1 is 1.30 bits per heavy atom. The summed E-state index contributed by atoms with van der Waals surface area (Å²) in [6.45, 7) is 0.312. The molecular formula is C13H14N4O3. The number of carboxylic acids is 1. The lowest BCUT2D eigenvalue weighted by Gasteiger charge is -2.10. The number of benzene rings is 1. The summed E-state index contributed by atoms with van der Waals surface area (Å²) in [4.78, 5) is 29.2. The number of imidazole rings is 1. The van der Waals surface area contributed by atoms with Gasteiger partial charge in [0.15, 0.2) is 0 Å². The molecule has 2 aromatic rings. The second-order valence-electron chi connectivity index (χ2n) is 4.11. The predicted octanol–water partition coefficient (Wildman–Crippen LogP) is 1.36. The molecule has 7 heteroatoms. The lowest BCUT2D eigenvalue weighted by atomic mass is 10.1. The number of nitrogens with zero attached hydrogens (tertiary/aromatic N) is 1. The fourth-order valence-electron chi connectivity index (χ4n) is 1.68. The number of hydrogen-bond acceptors (Lipinski definition) is 3. The molecule has 1 aromatic heterocycles. The van der Waals surface area contributed by atoms with Gasteiger partial charge < -0.3 is 20.7 Å². The maximum Gasteiger partial charge on any atom is 0.319 e. The molecular weight excluding hydrogens is 260 g/mol. The monoisotopic (exact) mass is 274 g/mol. The van der Waals surface area contributed by atoms with Crippen molar-refractivity contribution in [3.05, 3.63) is 48.0 Å². The van der Waals surface area contributed by atoms with E-state index >= 15 is 0 Å². The summed E-state index contributed by atoms with van der Waals surface area (Å²) in [7, 11) is 0. The number of para-hydroxylation sites is 1. The molecule has 0 atom stereocenters. The molecule has 0 saturated heterocycles. The van der Waals surface area contributed by atoms with Crippen LogP contribution in [0.1, 0.15) is 11.3 Å². The minimum absolute atomic E-state index is 0.142. The van der Waals surface area contributed by atoms with Crippen molar-refractivity contribution in [2.24, 2.45) is 0 Å². The van der Waals surface area contributed by atoms with Crippen LogP contribution in [0.2, 0.25) is 0 Å². The van der Waals surface area contributed by atoms with Crippen molar-refractivity contribution in [2.75, 3.05) is 5.32 Å². The van der Waals surface area contributed by atoms with Crippen molar-refractivity contribution >= 4 is 17.7 Å². The largest absolute Gasteiger partial charge is 0.481 e. The summed E-state index contributed by atoms with van der Waals surface area (Å²) in [5.74, 6) is -0.947. The summed E-state index contributed by atoms with van der Waals surface area (Å²) < 4.78 is 0. The van der Waals surface area contributed by atoms with E-state index in [1.54, 1.807) is 30.5 Å². The number of carboxylic acid groups (broad SMARTS) is 1. The van der Waals surface area contributed by atoms with Gasteiger partial charge in [0.25, 0.3) is 0 Å². The summed E-state index contributed by atoms with van der Waals surface area (Å²) >= 11 is 0. The molecule has 4 N–H and O–H groups in total. The van der Waals surface area contributed by atoms with Crippen LogP contribution in [0.25, 0.3) is 0 Å². The smallest absolute Gasteiger partial charge is 0.319 e. The highest BCUT2D eigenvalue weighted by Gasteiger charge is 2.09. The molecule has 0 bridgehead atoms. The number of H-pyrrole nitrogens is 1. The molecule has 0 radical (unpaired) electrons. The van der Waals surface area contributed by atoms with Gasteiger partial charge in [-0.15, -0.1) is 0 Å². The van der Waals surface area contributed by atoms with Crippen LogP contribution in [0, 0.1) is 0 Å². The van der Waals surface area contributed by atoms with Crippen LogP contribution >= 0.6 is 0 Å². The van der Waals surface area contributed by atoms with E-state index in [4.69, 9.17) is 5.11 Å².